The third-order valence-corrected chi connectivity index (χ3v) is 2.87. The molecule has 1 amide bonds. The van der Waals surface area contributed by atoms with Crippen molar-refractivity contribution in [2.75, 3.05) is 13.1 Å². The topological polar surface area (TPSA) is 53.4 Å². The van der Waals surface area contributed by atoms with E-state index in [0.717, 1.165) is 6.54 Å². The molecule has 0 unspecified atom stereocenters. The van der Waals surface area contributed by atoms with Gasteiger partial charge >= 0.3 is 0 Å². The molecule has 1 N–H and O–H groups in total. The number of amides is 1. The molecule has 2 rings (SSSR count). The minimum atomic E-state index is -0.102. The fourth-order valence-corrected chi connectivity index (χ4v) is 1.71. The second-order valence-corrected chi connectivity index (χ2v) is 4.18. The van der Waals surface area contributed by atoms with Crippen LogP contribution in [0.1, 0.15) is 30.1 Å². The maximum atomic E-state index is 12.1. The molecule has 0 radical (unpaired) electrons. The summed E-state index contributed by atoms with van der Waals surface area (Å²) < 4.78 is 0. The van der Waals surface area contributed by atoms with Gasteiger partial charge in [-0.2, -0.15) is 0 Å². The van der Waals surface area contributed by atoms with Crippen LogP contribution in [-0.4, -0.2) is 34.0 Å². The second kappa shape index (κ2) is 4.51. The number of aromatic hydroxyl groups is 1. The van der Waals surface area contributed by atoms with E-state index in [0.29, 0.717) is 18.0 Å². The Bertz CT molecular complexity index is 388. The lowest BCUT2D eigenvalue weighted by atomic mass is 10.2. The summed E-state index contributed by atoms with van der Waals surface area (Å²) in [6, 6.07) is 1.56. The van der Waals surface area contributed by atoms with E-state index in [1.54, 1.807) is 11.0 Å². The molecule has 1 aromatic heterocycles. The van der Waals surface area contributed by atoms with Gasteiger partial charge in [0.15, 0.2) is 0 Å². The number of rotatable bonds is 4. The highest BCUT2D eigenvalue weighted by molar-refractivity contribution is 5.96. The highest BCUT2D eigenvalue weighted by Gasteiger charge is 2.27. The van der Waals surface area contributed by atoms with Gasteiger partial charge in [0.2, 0.25) is 0 Å². The largest absolute Gasteiger partial charge is 0.505 e. The number of carbonyl (C=O) groups is 1. The van der Waals surface area contributed by atoms with Crippen molar-refractivity contribution in [2.24, 2.45) is 5.92 Å². The predicted molar refractivity (Wildman–Crippen MR) is 60.2 cm³/mol. The highest BCUT2D eigenvalue weighted by Crippen LogP contribution is 2.30. The first kappa shape index (κ1) is 10.9. The van der Waals surface area contributed by atoms with Crippen LogP contribution in [0.2, 0.25) is 0 Å². The van der Waals surface area contributed by atoms with Crippen LogP contribution < -0.4 is 0 Å². The Balaban J connectivity index is 2.12. The van der Waals surface area contributed by atoms with Gasteiger partial charge in [-0.05, 0) is 31.7 Å². The van der Waals surface area contributed by atoms with E-state index in [1.807, 2.05) is 6.92 Å². The number of hydrogen-bond acceptors (Lipinski definition) is 3. The number of hydrogen-bond donors (Lipinski definition) is 1. The lowest BCUT2D eigenvalue weighted by Gasteiger charge is -2.20. The minimum Gasteiger partial charge on any atom is -0.505 e. The third-order valence-electron chi connectivity index (χ3n) is 2.87. The van der Waals surface area contributed by atoms with Crippen LogP contribution in [-0.2, 0) is 0 Å². The van der Waals surface area contributed by atoms with Crippen LogP contribution in [0.25, 0.3) is 0 Å². The Morgan fingerprint density at radius 3 is 2.94 bits per heavy atom. The summed E-state index contributed by atoms with van der Waals surface area (Å²) >= 11 is 0. The number of nitrogens with zero attached hydrogens (tertiary/aromatic N) is 2. The van der Waals surface area contributed by atoms with Gasteiger partial charge < -0.3 is 10.0 Å². The van der Waals surface area contributed by atoms with E-state index in [4.69, 9.17) is 0 Å². The van der Waals surface area contributed by atoms with Gasteiger partial charge in [-0.15, -0.1) is 0 Å². The monoisotopic (exact) mass is 220 g/mol. The van der Waals surface area contributed by atoms with Crippen molar-refractivity contribution in [1.82, 2.24) is 9.88 Å². The SMILES string of the molecule is CCN(CC1CC1)C(=O)c1ccncc1O. The van der Waals surface area contributed by atoms with Gasteiger partial charge in [-0.3, -0.25) is 9.78 Å². The molecule has 0 aliphatic heterocycles. The molecule has 4 nitrogen and oxygen atoms in total. The van der Waals surface area contributed by atoms with Gasteiger partial charge in [0, 0.05) is 19.3 Å². The van der Waals surface area contributed by atoms with Gasteiger partial charge in [-0.25, -0.2) is 0 Å². The lowest BCUT2D eigenvalue weighted by Crippen LogP contribution is -2.32. The predicted octanol–water partition coefficient (Wildman–Crippen LogP) is 1.66. The molecule has 1 saturated carbocycles. The molecule has 1 aliphatic rings. The van der Waals surface area contributed by atoms with E-state index in [-0.39, 0.29) is 11.7 Å². The van der Waals surface area contributed by atoms with Crippen molar-refractivity contribution in [3.05, 3.63) is 24.0 Å². The van der Waals surface area contributed by atoms with Crippen LogP contribution in [0.4, 0.5) is 0 Å². The molecule has 1 aromatic rings. The summed E-state index contributed by atoms with van der Waals surface area (Å²) in [5.41, 5.74) is 0.345. The first-order valence-electron chi connectivity index (χ1n) is 5.64. The summed E-state index contributed by atoms with van der Waals surface area (Å²) in [5, 5.41) is 9.57. The molecule has 0 saturated heterocycles. The number of carbonyl (C=O) groups excluding carboxylic acids is 1. The van der Waals surface area contributed by atoms with Gasteiger partial charge in [-0.1, -0.05) is 0 Å². The quantitative estimate of drug-likeness (QED) is 0.839. The molecule has 0 bridgehead atoms. The van der Waals surface area contributed by atoms with Gasteiger partial charge in [0.05, 0.1) is 11.8 Å². The zero-order valence-corrected chi connectivity index (χ0v) is 9.39. The molecule has 4 heteroatoms. The molecule has 16 heavy (non-hydrogen) atoms. The van der Waals surface area contributed by atoms with E-state index in [1.165, 1.54) is 25.2 Å². The fourth-order valence-electron chi connectivity index (χ4n) is 1.71. The minimum absolute atomic E-state index is 0.0400. The number of aromatic nitrogens is 1. The molecule has 0 aromatic carbocycles. The average molecular weight is 220 g/mol. The number of pyridine rings is 1. The van der Waals surface area contributed by atoms with Gasteiger partial charge in [0.25, 0.3) is 5.91 Å². The summed E-state index contributed by atoms with van der Waals surface area (Å²) in [7, 11) is 0. The fraction of sp³-hybridized carbons (Fsp3) is 0.500. The zero-order valence-electron chi connectivity index (χ0n) is 9.39. The summed E-state index contributed by atoms with van der Waals surface area (Å²) in [6.07, 6.45) is 5.26. The molecular formula is C12H16N2O2. The molecular weight excluding hydrogens is 204 g/mol. The first-order valence-corrected chi connectivity index (χ1v) is 5.64. The molecule has 1 heterocycles. The smallest absolute Gasteiger partial charge is 0.257 e. The molecule has 1 fully saturated rings. The van der Waals surface area contributed by atoms with Crippen LogP contribution in [0, 0.1) is 5.92 Å². The summed E-state index contributed by atoms with van der Waals surface area (Å²) in [6.45, 7) is 3.44. The molecule has 86 valence electrons. The second-order valence-electron chi connectivity index (χ2n) is 4.18. The van der Waals surface area contributed by atoms with Crippen LogP contribution in [0.3, 0.4) is 0 Å². The van der Waals surface area contributed by atoms with Crippen LogP contribution in [0.5, 0.6) is 5.75 Å². The van der Waals surface area contributed by atoms with Crippen LogP contribution in [0.15, 0.2) is 18.5 Å². The standard InChI is InChI=1S/C12H16N2O2/c1-2-14(8-9-3-4-9)12(16)10-5-6-13-7-11(10)15/h5-7,9,15H,2-4,8H2,1H3. The Hall–Kier alpha value is -1.58. The third kappa shape index (κ3) is 2.32. The Kier molecular flexibility index (Phi) is 3.08. The highest BCUT2D eigenvalue weighted by atomic mass is 16.3. The van der Waals surface area contributed by atoms with E-state index in [2.05, 4.69) is 4.98 Å². The van der Waals surface area contributed by atoms with Crippen molar-refractivity contribution >= 4 is 5.91 Å². The first-order chi connectivity index (χ1) is 7.72. The maximum Gasteiger partial charge on any atom is 0.257 e. The Labute approximate surface area is 94.9 Å². The van der Waals surface area contributed by atoms with E-state index < -0.39 is 0 Å². The van der Waals surface area contributed by atoms with Crippen molar-refractivity contribution in [1.29, 1.82) is 0 Å². The molecule has 1 aliphatic carbocycles. The van der Waals surface area contributed by atoms with Gasteiger partial charge in [0.1, 0.15) is 5.75 Å². The zero-order chi connectivity index (χ0) is 11.5. The van der Waals surface area contributed by atoms with Crippen molar-refractivity contribution in [2.45, 2.75) is 19.8 Å². The lowest BCUT2D eigenvalue weighted by molar-refractivity contribution is 0.0753. The van der Waals surface area contributed by atoms with E-state index >= 15 is 0 Å². The Morgan fingerprint density at radius 2 is 2.38 bits per heavy atom. The van der Waals surface area contributed by atoms with Crippen molar-refractivity contribution in [3.8, 4) is 5.75 Å². The van der Waals surface area contributed by atoms with E-state index in [9.17, 15) is 9.90 Å². The van der Waals surface area contributed by atoms with Crippen LogP contribution >= 0.6 is 0 Å². The summed E-state index contributed by atoms with van der Waals surface area (Å²) in [5.74, 6) is 0.518. The van der Waals surface area contributed by atoms with Crippen molar-refractivity contribution in [3.63, 3.8) is 0 Å². The molecule has 0 atom stereocenters. The summed E-state index contributed by atoms with van der Waals surface area (Å²) in [4.78, 5) is 17.6. The Morgan fingerprint density at radius 1 is 1.62 bits per heavy atom. The molecule has 0 spiro atoms. The normalized spacial score (nSPS) is 14.8. The van der Waals surface area contributed by atoms with Crippen molar-refractivity contribution < 1.29 is 9.90 Å². The maximum absolute atomic E-state index is 12.1. The average Bonchev–Trinajstić information content (AvgIpc) is 3.09.